The van der Waals surface area contributed by atoms with Crippen molar-refractivity contribution in [2.45, 2.75) is 330 Å². The van der Waals surface area contributed by atoms with E-state index in [4.69, 9.17) is 37.0 Å². The first-order valence-electron chi connectivity index (χ1n) is 33.0. The van der Waals surface area contributed by atoms with Crippen molar-refractivity contribution in [1.29, 1.82) is 0 Å². The van der Waals surface area contributed by atoms with Crippen molar-refractivity contribution in [3.63, 3.8) is 0 Å². The van der Waals surface area contributed by atoms with Crippen molar-refractivity contribution in [2.75, 3.05) is 39.6 Å². The summed E-state index contributed by atoms with van der Waals surface area (Å²) in [7, 11) is -9.88. The maximum atomic E-state index is 13.0. The molecule has 82 heavy (non-hydrogen) atoms. The van der Waals surface area contributed by atoms with Gasteiger partial charge in [-0.15, -0.1) is 0 Å². The molecule has 0 bridgehead atoms. The van der Waals surface area contributed by atoms with Crippen LogP contribution in [0.5, 0.6) is 0 Å². The number of carbonyl (C=O) groups is 4. The van der Waals surface area contributed by atoms with Gasteiger partial charge in [0.15, 0.2) is 12.2 Å². The standard InChI is InChI=1S/C63H122O17P2/c1-7-9-11-13-15-16-18-22-28-34-40-46-61(66)74-52-59(79-62(67)47-41-35-29-23-20-17-19-21-26-31-37-43-55(3)4)54-78-82(71,72)76-50-57(64)49-75-81(69,70)77-53-58(51-73-60(65)45-39-33-25-14-12-10-8-2)80-63(68)48-42-36-30-24-27-32-38-44-56(5)6/h55-59,64H,7-54H2,1-6H3,(H,69,70)(H,71,72)/t57-,58+,59+/m0/s1. The molecule has 0 fully saturated rings. The summed E-state index contributed by atoms with van der Waals surface area (Å²) in [6, 6.07) is 0. The van der Waals surface area contributed by atoms with Crippen molar-refractivity contribution in [2.24, 2.45) is 11.8 Å². The molecule has 0 amide bonds. The highest BCUT2D eigenvalue weighted by Crippen LogP contribution is 2.45. The van der Waals surface area contributed by atoms with Crippen LogP contribution in [0.25, 0.3) is 0 Å². The molecule has 19 heteroatoms. The number of carbonyl (C=O) groups excluding carboxylic acids is 4. The van der Waals surface area contributed by atoms with Crippen LogP contribution in [0.2, 0.25) is 0 Å². The number of esters is 4. The van der Waals surface area contributed by atoms with Gasteiger partial charge in [-0.2, -0.15) is 0 Å². The Labute approximate surface area is 498 Å². The Hall–Kier alpha value is -1.94. The van der Waals surface area contributed by atoms with Gasteiger partial charge >= 0.3 is 39.5 Å². The number of phosphoric ester groups is 2. The Morgan fingerprint density at radius 3 is 0.829 bits per heavy atom. The first-order valence-corrected chi connectivity index (χ1v) is 36.0. The monoisotopic (exact) mass is 1210 g/mol. The van der Waals surface area contributed by atoms with Crippen LogP contribution in [0.3, 0.4) is 0 Å². The van der Waals surface area contributed by atoms with Crippen LogP contribution in [0, 0.1) is 11.8 Å². The first-order chi connectivity index (χ1) is 39.4. The Kier molecular flexibility index (Phi) is 54.3. The van der Waals surface area contributed by atoms with E-state index in [0.29, 0.717) is 31.6 Å². The molecule has 0 aliphatic rings. The summed E-state index contributed by atoms with van der Waals surface area (Å²) >= 11 is 0. The predicted molar refractivity (Wildman–Crippen MR) is 326 cm³/mol. The van der Waals surface area contributed by atoms with Crippen molar-refractivity contribution in [3.8, 4) is 0 Å². The summed E-state index contributed by atoms with van der Waals surface area (Å²) in [6.45, 7) is 9.38. The van der Waals surface area contributed by atoms with Gasteiger partial charge in [-0.05, 0) is 37.5 Å². The number of hydrogen-bond acceptors (Lipinski definition) is 15. The van der Waals surface area contributed by atoms with Crippen LogP contribution in [-0.2, 0) is 65.4 Å². The Bertz CT molecular complexity index is 1620. The number of aliphatic hydroxyl groups is 1. The maximum absolute atomic E-state index is 13.0. The van der Waals surface area contributed by atoms with E-state index in [1.54, 1.807) is 0 Å². The largest absolute Gasteiger partial charge is 0.472 e. The zero-order valence-electron chi connectivity index (χ0n) is 52.8. The second kappa shape index (κ2) is 55.6. The summed E-state index contributed by atoms with van der Waals surface area (Å²) < 4.78 is 67.9. The molecule has 0 aromatic carbocycles. The van der Waals surface area contributed by atoms with Crippen LogP contribution in [0.15, 0.2) is 0 Å². The Morgan fingerprint density at radius 2 is 0.561 bits per heavy atom. The Morgan fingerprint density at radius 1 is 0.329 bits per heavy atom. The summed E-state index contributed by atoms with van der Waals surface area (Å²) in [5.41, 5.74) is 0. The van der Waals surface area contributed by atoms with Crippen molar-refractivity contribution in [3.05, 3.63) is 0 Å². The molecule has 0 aromatic heterocycles. The van der Waals surface area contributed by atoms with Crippen molar-refractivity contribution < 1.29 is 80.2 Å². The molecule has 486 valence electrons. The summed E-state index contributed by atoms with van der Waals surface area (Å²) in [4.78, 5) is 72.0. The topological polar surface area (TPSA) is 237 Å². The van der Waals surface area contributed by atoms with E-state index in [1.807, 2.05) is 0 Å². The molecule has 0 aliphatic heterocycles. The lowest BCUT2D eigenvalue weighted by molar-refractivity contribution is -0.161. The minimum absolute atomic E-state index is 0.103. The van der Waals surface area contributed by atoms with E-state index in [-0.39, 0.29) is 25.7 Å². The number of hydrogen-bond donors (Lipinski definition) is 3. The molecule has 0 radical (unpaired) electrons. The fraction of sp³-hybridized carbons (Fsp3) is 0.937. The predicted octanol–water partition coefficient (Wildman–Crippen LogP) is 17.3. The Balaban J connectivity index is 5.22. The third-order valence-corrected chi connectivity index (χ3v) is 16.4. The minimum atomic E-state index is -4.94. The fourth-order valence-electron chi connectivity index (χ4n) is 9.35. The van der Waals surface area contributed by atoms with Crippen molar-refractivity contribution in [1.82, 2.24) is 0 Å². The summed E-state index contributed by atoms with van der Waals surface area (Å²) in [6.07, 6.45) is 37.7. The lowest BCUT2D eigenvalue weighted by Gasteiger charge is -2.21. The quantitative estimate of drug-likeness (QED) is 0.0222. The molecular weight excluding hydrogens is 1090 g/mol. The molecule has 0 spiro atoms. The van der Waals surface area contributed by atoms with E-state index >= 15 is 0 Å². The highest BCUT2D eigenvalue weighted by Gasteiger charge is 2.30. The number of rotatable bonds is 62. The molecule has 0 saturated heterocycles. The number of phosphoric acid groups is 2. The molecule has 2 unspecified atom stereocenters. The lowest BCUT2D eigenvalue weighted by atomic mass is 10.0. The van der Waals surface area contributed by atoms with E-state index < -0.39 is 97.5 Å². The van der Waals surface area contributed by atoms with E-state index in [2.05, 4.69) is 41.5 Å². The van der Waals surface area contributed by atoms with Crippen LogP contribution in [0.4, 0.5) is 0 Å². The molecule has 0 saturated carbocycles. The number of aliphatic hydroxyl groups excluding tert-OH is 1. The average molecular weight is 1210 g/mol. The van der Waals surface area contributed by atoms with Gasteiger partial charge < -0.3 is 33.8 Å². The molecule has 0 aromatic rings. The minimum Gasteiger partial charge on any atom is -0.462 e. The molecule has 0 rings (SSSR count). The zero-order chi connectivity index (χ0) is 60.8. The summed E-state index contributed by atoms with van der Waals surface area (Å²) in [5, 5.41) is 10.5. The highest BCUT2D eigenvalue weighted by molar-refractivity contribution is 7.47. The molecule has 3 N–H and O–H groups in total. The first kappa shape index (κ1) is 80.1. The highest BCUT2D eigenvalue weighted by atomic mass is 31.2. The fourth-order valence-corrected chi connectivity index (χ4v) is 10.9. The van der Waals surface area contributed by atoms with E-state index in [0.717, 1.165) is 109 Å². The lowest BCUT2D eigenvalue weighted by Crippen LogP contribution is -2.30. The van der Waals surface area contributed by atoms with Crippen LogP contribution in [0.1, 0.15) is 311 Å². The summed E-state index contributed by atoms with van der Waals surface area (Å²) in [5.74, 6) is -0.679. The van der Waals surface area contributed by atoms with Crippen LogP contribution in [-0.4, -0.2) is 96.7 Å². The van der Waals surface area contributed by atoms with Gasteiger partial charge in [0.1, 0.15) is 19.3 Å². The van der Waals surface area contributed by atoms with Gasteiger partial charge in [-0.3, -0.25) is 37.3 Å². The number of ether oxygens (including phenoxy) is 4. The van der Waals surface area contributed by atoms with E-state index in [1.165, 1.54) is 116 Å². The number of unbranched alkanes of at least 4 members (excludes halogenated alkanes) is 32. The zero-order valence-corrected chi connectivity index (χ0v) is 54.6. The van der Waals surface area contributed by atoms with Crippen molar-refractivity contribution >= 4 is 39.5 Å². The third kappa shape index (κ3) is 57.2. The average Bonchev–Trinajstić information content (AvgIpc) is 3.43. The molecule has 17 nitrogen and oxygen atoms in total. The SMILES string of the molecule is CCCCCCCCCCCCCC(=O)OC[C@H](COP(=O)(O)OC[C@@H](O)COP(=O)(O)OC[C@@H](COC(=O)CCCCCCCCC)OC(=O)CCCCCCCCCC(C)C)OC(=O)CCCCCCCCCCCCCC(C)C. The van der Waals surface area contributed by atoms with Gasteiger partial charge in [-0.1, -0.05) is 260 Å². The van der Waals surface area contributed by atoms with Gasteiger partial charge in [0.2, 0.25) is 0 Å². The molecule has 5 atom stereocenters. The van der Waals surface area contributed by atoms with Gasteiger partial charge in [-0.25, -0.2) is 9.13 Å². The van der Waals surface area contributed by atoms with Gasteiger partial charge in [0.05, 0.1) is 26.4 Å². The van der Waals surface area contributed by atoms with Gasteiger partial charge in [0.25, 0.3) is 0 Å². The smallest absolute Gasteiger partial charge is 0.462 e. The second-order valence-electron chi connectivity index (χ2n) is 23.7. The normalized spacial score (nSPS) is 14.3. The molecule has 0 aliphatic carbocycles. The van der Waals surface area contributed by atoms with E-state index in [9.17, 15) is 43.2 Å². The van der Waals surface area contributed by atoms with Crippen LogP contribution >= 0.6 is 15.6 Å². The van der Waals surface area contributed by atoms with Crippen LogP contribution < -0.4 is 0 Å². The second-order valence-corrected chi connectivity index (χ2v) is 26.7. The van der Waals surface area contributed by atoms with Gasteiger partial charge in [0, 0.05) is 25.7 Å². The molecule has 0 heterocycles. The third-order valence-electron chi connectivity index (χ3n) is 14.5. The maximum Gasteiger partial charge on any atom is 0.472 e. The molecular formula is C63H122O17P2.